The van der Waals surface area contributed by atoms with Crippen LogP contribution in [-0.2, 0) is 4.79 Å². The van der Waals surface area contributed by atoms with E-state index in [1.54, 1.807) is 32.2 Å². The summed E-state index contributed by atoms with van der Waals surface area (Å²) < 4.78 is 5.16. The molecule has 1 atom stereocenters. The van der Waals surface area contributed by atoms with Crippen molar-refractivity contribution in [3.8, 4) is 5.75 Å². The van der Waals surface area contributed by atoms with Gasteiger partial charge in [0.2, 0.25) is 0 Å². The van der Waals surface area contributed by atoms with Crippen LogP contribution in [0.4, 0.5) is 0 Å². The van der Waals surface area contributed by atoms with Crippen molar-refractivity contribution < 1.29 is 9.53 Å². The molecule has 0 aliphatic carbocycles. The molecular formula is C11H13ClO2. The minimum atomic E-state index is -0.177. The van der Waals surface area contributed by atoms with Gasteiger partial charge in [-0.05, 0) is 25.1 Å². The summed E-state index contributed by atoms with van der Waals surface area (Å²) in [5.74, 6) is 0.631. The van der Waals surface area contributed by atoms with Crippen molar-refractivity contribution in [1.82, 2.24) is 0 Å². The third kappa shape index (κ3) is 2.26. The summed E-state index contributed by atoms with van der Waals surface area (Å²) in [5, 5.41) is 0.619. The normalized spacial score (nSPS) is 12.3. The molecule has 0 spiro atoms. The monoisotopic (exact) mass is 212 g/mol. The highest BCUT2D eigenvalue weighted by atomic mass is 35.5. The Bertz CT molecular complexity index is 347. The number of hydrogen-bond acceptors (Lipinski definition) is 2. The Morgan fingerprint density at radius 2 is 2.14 bits per heavy atom. The smallest absolute Gasteiger partial charge is 0.137 e. The van der Waals surface area contributed by atoms with Gasteiger partial charge in [0, 0.05) is 16.5 Å². The molecule has 0 amide bonds. The van der Waals surface area contributed by atoms with Crippen LogP contribution in [0.15, 0.2) is 18.2 Å². The average molecular weight is 213 g/mol. The van der Waals surface area contributed by atoms with Gasteiger partial charge >= 0.3 is 0 Å². The molecule has 0 aliphatic rings. The van der Waals surface area contributed by atoms with Crippen LogP contribution in [0.25, 0.3) is 0 Å². The third-order valence-corrected chi connectivity index (χ3v) is 2.50. The zero-order chi connectivity index (χ0) is 10.7. The van der Waals surface area contributed by atoms with Crippen molar-refractivity contribution in [3.63, 3.8) is 0 Å². The van der Waals surface area contributed by atoms with Gasteiger partial charge in [-0.25, -0.2) is 0 Å². The first-order chi connectivity index (χ1) is 6.56. The summed E-state index contributed by atoms with van der Waals surface area (Å²) in [4.78, 5) is 11.2. The predicted octanol–water partition coefficient (Wildman–Crippen LogP) is 3.04. The first kappa shape index (κ1) is 11.1. The third-order valence-electron chi connectivity index (χ3n) is 2.27. The molecule has 0 radical (unpaired) electrons. The van der Waals surface area contributed by atoms with Gasteiger partial charge in [0.05, 0.1) is 7.11 Å². The Balaban J connectivity index is 3.16. The second-order valence-electron chi connectivity index (χ2n) is 3.22. The molecule has 14 heavy (non-hydrogen) atoms. The average Bonchev–Trinajstić information content (AvgIpc) is 2.16. The molecule has 1 aromatic rings. The summed E-state index contributed by atoms with van der Waals surface area (Å²) in [6.07, 6.45) is 0. The van der Waals surface area contributed by atoms with Crippen LogP contribution in [0.2, 0.25) is 5.02 Å². The summed E-state index contributed by atoms with van der Waals surface area (Å²) >= 11 is 5.86. The standard InChI is InChI=1S/C11H13ClO2/c1-7(8(2)13)10-6-9(12)4-5-11(10)14-3/h4-7H,1-3H3. The summed E-state index contributed by atoms with van der Waals surface area (Å²) in [6.45, 7) is 3.40. The van der Waals surface area contributed by atoms with E-state index in [2.05, 4.69) is 0 Å². The van der Waals surface area contributed by atoms with Gasteiger partial charge in [-0.2, -0.15) is 0 Å². The Morgan fingerprint density at radius 3 is 2.64 bits per heavy atom. The highest BCUT2D eigenvalue weighted by Gasteiger charge is 2.15. The molecule has 0 N–H and O–H groups in total. The van der Waals surface area contributed by atoms with Crippen LogP contribution < -0.4 is 4.74 Å². The second kappa shape index (κ2) is 4.47. The molecular weight excluding hydrogens is 200 g/mol. The lowest BCUT2D eigenvalue weighted by atomic mass is 9.97. The lowest BCUT2D eigenvalue weighted by Crippen LogP contribution is -2.06. The van der Waals surface area contributed by atoms with Crippen molar-refractivity contribution in [2.24, 2.45) is 0 Å². The van der Waals surface area contributed by atoms with E-state index in [1.807, 2.05) is 6.92 Å². The fourth-order valence-electron chi connectivity index (χ4n) is 1.26. The lowest BCUT2D eigenvalue weighted by molar-refractivity contribution is -0.118. The fourth-order valence-corrected chi connectivity index (χ4v) is 1.44. The van der Waals surface area contributed by atoms with Crippen molar-refractivity contribution in [2.75, 3.05) is 7.11 Å². The van der Waals surface area contributed by atoms with E-state index in [9.17, 15) is 4.79 Å². The van der Waals surface area contributed by atoms with Gasteiger partial charge in [-0.15, -0.1) is 0 Å². The van der Waals surface area contributed by atoms with Crippen LogP contribution in [0, 0.1) is 0 Å². The van der Waals surface area contributed by atoms with E-state index in [0.717, 1.165) is 5.56 Å². The number of carbonyl (C=O) groups is 1. The number of ketones is 1. The maximum absolute atomic E-state index is 11.2. The van der Waals surface area contributed by atoms with E-state index >= 15 is 0 Å². The summed E-state index contributed by atoms with van der Waals surface area (Å²) in [6, 6.07) is 5.29. The zero-order valence-electron chi connectivity index (χ0n) is 8.50. The number of halogens is 1. The molecule has 0 aliphatic heterocycles. The van der Waals surface area contributed by atoms with Crippen molar-refractivity contribution in [2.45, 2.75) is 19.8 Å². The number of ether oxygens (including phenoxy) is 1. The Morgan fingerprint density at radius 1 is 1.50 bits per heavy atom. The van der Waals surface area contributed by atoms with Crippen molar-refractivity contribution in [1.29, 1.82) is 0 Å². The van der Waals surface area contributed by atoms with Gasteiger partial charge < -0.3 is 4.74 Å². The maximum atomic E-state index is 11.2. The van der Waals surface area contributed by atoms with E-state index in [0.29, 0.717) is 10.8 Å². The van der Waals surface area contributed by atoms with Gasteiger partial charge in [0.15, 0.2) is 0 Å². The number of benzene rings is 1. The second-order valence-corrected chi connectivity index (χ2v) is 3.66. The quantitative estimate of drug-likeness (QED) is 0.770. The molecule has 1 unspecified atom stereocenters. The molecule has 0 saturated heterocycles. The highest BCUT2D eigenvalue weighted by Crippen LogP contribution is 2.29. The van der Waals surface area contributed by atoms with Crippen LogP contribution in [0.3, 0.4) is 0 Å². The zero-order valence-corrected chi connectivity index (χ0v) is 9.26. The van der Waals surface area contributed by atoms with Crippen LogP contribution >= 0.6 is 11.6 Å². The van der Waals surface area contributed by atoms with Crippen LogP contribution in [0.1, 0.15) is 25.3 Å². The first-order valence-corrected chi connectivity index (χ1v) is 4.78. The molecule has 0 bridgehead atoms. The van der Waals surface area contributed by atoms with E-state index in [1.165, 1.54) is 0 Å². The van der Waals surface area contributed by atoms with Crippen molar-refractivity contribution in [3.05, 3.63) is 28.8 Å². The first-order valence-electron chi connectivity index (χ1n) is 4.40. The molecule has 0 saturated carbocycles. The van der Waals surface area contributed by atoms with Gasteiger partial charge in [0.25, 0.3) is 0 Å². The summed E-state index contributed by atoms with van der Waals surface area (Å²) in [7, 11) is 1.58. The molecule has 0 aromatic heterocycles. The minimum absolute atomic E-state index is 0.102. The van der Waals surface area contributed by atoms with E-state index in [4.69, 9.17) is 16.3 Å². The molecule has 1 rings (SSSR count). The van der Waals surface area contributed by atoms with Gasteiger partial charge in [-0.1, -0.05) is 18.5 Å². The molecule has 2 nitrogen and oxygen atoms in total. The molecule has 1 aromatic carbocycles. The number of Topliss-reactive ketones (excluding diaryl/α,β-unsaturated/α-hetero) is 1. The highest BCUT2D eigenvalue weighted by molar-refractivity contribution is 6.30. The maximum Gasteiger partial charge on any atom is 0.137 e. The molecule has 3 heteroatoms. The lowest BCUT2D eigenvalue weighted by Gasteiger charge is -2.13. The Hall–Kier alpha value is -1.02. The number of methoxy groups -OCH3 is 1. The van der Waals surface area contributed by atoms with E-state index < -0.39 is 0 Å². The number of rotatable bonds is 3. The van der Waals surface area contributed by atoms with Gasteiger partial charge in [0.1, 0.15) is 11.5 Å². The predicted molar refractivity (Wildman–Crippen MR) is 57.1 cm³/mol. The number of carbonyl (C=O) groups excluding carboxylic acids is 1. The summed E-state index contributed by atoms with van der Waals surface area (Å²) in [5.41, 5.74) is 0.840. The SMILES string of the molecule is COc1ccc(Cl)cc1C(C)C(C)=O. The van der Waals surface area contributed by atoms with Crippen LogP contribution in [0.5, 0.6) is 5.75 Å². The fraction of sp³-hybridized carbons (Fsp3) is 0.364. The number of hydrogen-bond donors (Lipinski definition) is 0. The van der Waals surface area contributed by atoms with Gasteiger partial charge in [-0.3, -0.25) is 4.79 Å². The van der Waals surface area contributed by atoms with E-state index in [-0.39, 0.29) is 11.7 Å². The van der Waals surface area contributed by atoms with Crippen LogP contribution in [-0.4, -0.2) is 12.9 Å². The molecule has 76 valence electrons. The topological polar surface area (TPSA) is 26.3 Å². The molecule has 0 heterocycles. The minimum Gasteiger partial charge on any atom is -0.496 e. The Kier molecular flexibility index (Phi) is 3.53. The largest absolute Gasteiger partial charge is 0.496 e. The molecule has 0 fully saturated rings. The van der Waals surface area contributed by atoms with Crippen molar-refractivity contribution >= 4 is 17.4 Å². The Labute approximate surface area is 88.8 Å².